The van der Waals surface area contributed by atoms with Crippen LogP contribution in [0.3, 0.4) is 0 Å². The molecule has 0 aromatic heterocycles. The van der Waals surface area contributed by atoms with Crippen molar-refractivity contribution < 1.29 is 23.0 Å². The minimum atomic E-state index is -3.59. The molecule has 0 saturated carbocycles. The molecule has 1 N–H and O–H groups in total. The average Bonchev–Trinajstić information content (AvgIpc) is 2.78. The molecule has 1 atom stereocenters. The molecular formula is C21H25N3O5S. The average molecular weight is 432 g/mol. The standard InChI is InChI=1S/C21H25N3O5S/c1-28-19-4-6-20(7-5-19)29-16-18(25)15-23-10-12-24(13-11-23)30(26,27)21-8-2-17(14-22)3-9-21/h2-9,18,25H,10-13,15-16H2,1H3. The Morgan fingerprint density at radius 3 is 2.20 bits per heavy atom. The molecule has 1 saturated heterocycles. The molecule has 0 amide bonds. The van der Waals surface area contributed by atoms with Gasteiger partial charge in [0.25, 0.3) is 0 Å². The van der Waals surface area contributed by atoms with Gasteiger partial charge in [0, 0.05) is 32.7 Å². The van der Waals surface area contributed by atoms with E-state index in [1.165, 1.54) is 28.6 Å². The number of piperazine rings is 1. The molecule has 30 heavy (non-hydrogen) atoms. The zero-order valence-electron chi connectivity index (χ0n) is 16.8. The fourth-order valence-electron chi connectivity index (χ4n) is 3.22. The van der Waals surface area contributed by atoms with Gasteiger partial charge in [0.1, 0.15) is 24.2 Å². The van der Waals surface area contributed by atoms with Gasteiger partial charge < -0.3 is 14.6 Å². The van der Waals surface area contributed by atoms with Gasteiger partial charge in [-0.1, -0.05) is 0 Å². The quantitative estimate of drug-likeness (QED) is 0.672. The molecule has 1 aliphatic heterocycles. The summed E-state index contributed by atoms with van der Waals surface area (Å²) in [7, 11) is -2.00. The molecule has 1 fully saturated rings. The molecule has 1 unspecified atom stereocenters. The van der Waals surface area contributed by atoms with Crippen LogP contribution in [-0.2, 0) is 10.0 Å². The van der Waals surface area contributed by atoms with Crippen molar-refractivity contribution in [1.82, 2.24) is 9.21 Å². The first-order valence-corrected chi connectivity index (χ1v) is 11.0. The van der Waals surface area contributed by atoms with Gasteiger partial charge in [-0.05, 0) is 48.5 Å². The van der Waals surface area contributed by atoms with Crippen LogP contribution >= 0.6 is 0 Å². The number of rotatable bonds is 8. The Labute approximate surface area is 176 Å². The molecule has 3 rings (SSSR count). The molecule has 0 radical (unpaired) electrons. The molecule has 0 aliphatic carbocycles. The van der Waals surface area contributed by atoms with Gasteiger partial charge in [-0.3, -0.25) is 4.90 Å². The first-order valence-electron chi connectivity index (χ1n) is 9.60. The van der Waals surface area contributed by atoms with Crippen molar-refractivity contribution in [3.8, 4) is 17.6 Å². The zero-order valence-corrected chi connectivity index (χ0v) is 17.6. The maximum Gasteiger partial charge on any atom is 0.243 e. The van der Waals surface area contributed by atoms with E-state index in [2.05, 4.69) is 0 Å². The molecule has 2 aromatic rings. The van der Waals surface area contributed by atoms with E-state index in [-0.39, 0.29) is 11.5 Å². The Morgan fingerprint density at radius 1 is 1.03 bits per heavy atom. The maximum atomic E-state index is 12.8. The summed E-state index contributed by atoms with van der Waals surface area (Å²) in [5.74, 6) is 1.38. The summed E-state index contributed by atoms with van der Waals surface area (Å²) in [4.78, 5) is 2.20. The lowest BCUT2D eigenvalue weighted by Gasteiger charge is -2.34. The highest BCUT2D eigenvalue weighted by atomic mass is 32.2. The fourth-order valence-corrected chi connectivity index (χ4v) is 4.64. The Bertz CT molecular complexity index is 963. The van der Waals surface area contributed by atoms with Crippen molar-refractivity contribution in [2.45, 2.75) is 11.0 Å². The van der Waals surface area contributed by atoms with Crippen LogP contribution in [0.1, 0.15) is 5.56 Å². The zero-order chi connectivity index (χ0) is 21.6. The summed E-state index contributed by atoms with van der Waals surface area (Å²) >= 11 is 0. The van der Waals surface area contributed by atoms with Crippen LogP contribution in [0.4, 0.5) is 0 Å². The van der Waals surface area contributed by atoms with Crippen molar-refractivity contribution in [3.63, 3.8) is 0 Å². The summed E-state index contributed by atoms with van der Waals surface area (Å²) in [5.41, 5.74) is 0.421. The number of ether oxygens (including phenoxy) is 2. The number of sulfonamides is 1. The molecule has 0 spiro atoms. The molecule has 8 nitrogen and oxygen atoms in total. The third kappa shape index (κ3) is 5.49. The maximum absolute atomic E-state index is 12.8. The van der Waals surface area contributed by atoms with Gasteiger partial charge >= 0.3 is 0 Å². The molecule has 1 aliphatic rings. The predicted molar refractivity (Wildman–Crippen MR) is 111 cm³/mol. The Morgan fingerprint density at radius 2 is 1.63 bits per heavy atom. The first-order chi connectivity index (χ1) is 14.4. The van der Waals surface area contributed by atoms with Gasteiger partial charge in [-0.2, -0.15) is 9.57 Å². The highest BCUT2D eigenvalue weighted by Crippen LogP contribution is 2.19. The minimum absolute atomic E-state index is 0.149. The smallest absolute Gasteiger partial charge is 0.243 e. The molecule has 0 bridgehead atoms. The number of aliphatic hydroxyl groups is 1. The second kappa shape index (κ2) is 9.91. The number of β-amino-alcohol motifs (C(OH)–C–C–N with tert-alkyl or cyclic N) is 1. The van der Waals surface area contributed by atoms with Crippen molar-refractivity contribution in [3.05, 3.63) is 54.1 Å². The van der Waals surface area contributed by atoms with E-state index in [1.54, 1.807) is 31.4 Å². The van der Waals surface area contributed by atoms with Gasteiger partial charge in [-0.25, -0.2) is 8.42 Å². The molecule has 2 aromatic carbocycles. The number of methoxy groups -OCH3 is 1. The van der Waals surface area contributed by atoms with Crippen LogP contribution in [0.2, 0.25) is 0 Å². The fraction of sp³-hybridized carbons (Fsp3) is 0.381. The summed E-state index contributed by atoms with van der Waals surface area (Å²) in [6, 6.07) is 15.0. The predicted octanol–water partition coefficient (Wildman–Crippen LogP) is 1.31. The Kier molecular flexibility index (Phi) is 7.29. The molecule has 9 heteroatoms. The van der Waals surface area contributed by atoms with Crippen molar-refractivity contribution in [2.24, 2.45) is 0 Å². The third-order valence-corrected chi connectivity index (χ3v) is 6.84. The largest absolute Gasteiger partial charge is 0.497 e. The number of aliphatic hydroxyl groups excluding tert-OH is 1. The molecular weight excluding hydrogens is 406 g/mol. The van der Waals surface area contributed by atoms with Gasteiger partial charge in [0.2, 0.25) is 10.0 Å². The van der Waals surface area contributed by atoms with E-state index >= 15 is 0 Å². The van der Waals surface area contributed by atoms with Crippen LogP contribution < -0.4 is 9.47 Å². The second-order valence-electron chi connectivity index (χ2n) is 6.98. The number of nitrogens with zero attached hydrogens (tertiary/aromatic N) is 3. The highest BCUT2D eigenvalue weighted by Gasteiger charge is 2.29. The SMILES string of the molecule is COc1ccc(OCC(O)CN2CCN(S(=O)(=O)c3ccc(C#N)cc3)CC2)cc1. The van der Waals surface area contributed by atoms with Crippen LogP contribution in [0.5, 0.6) is 11.5 Å². The lowest BCUT2D eigenvalue weighted by atomic mass is 10.2. The van der Waals surface area contributed by atoms with E-state index in [1.807, 2.05) is 11.0 Å². The van der Waals surface area contributed by atoms with E-state index < -0.39 is 16.1 Å². The van der Waals surface area contributed by atoms with Gasteiger partial charge in [-0.15, -0.1) is 0 Å². The molecule has 1 heterocycles. The lowest BCUT2D eigenvalue weighted by Crippen LogP contribution is -2.50. The van der Waals surface area contributed by atoms with Gasteiger partial charge in [0.15, 0.2) is 0 Å². The summed E-state index contributed by atoms with van der Waals surface area (Å²) < 4.78 is 37.7. The number of hydrogen-bond acceptors (Lipinski definition) is 7. The molecule has 160 valence electrons. The van der Waals surface area contributed by atoms with E-state index in [0.717, 1.165) is 5.75 Å². The topological polar surface area (TPSA) is 103 Å². The summed E-state index contributed by atoms with van der Waals surface area (Å²) in [6.45, 7) is 2.28. The lowest BCUT2D eigenvalue weighted by molar-refractivity contribution is 0.0569. The number of hydrogen-bond donors (Lipinski definition) is 1. The van der Waals surface area contributed by atoms with E-state index in [4.69, 9.17) is 14.7 Å². The van der Waals surface area contributed by atoms with Crippen LogP contribution in [0.15, 0.2) is 53.4 Å². The van der Waals surface area contributed by atoms with Crippen molar-refractivity contribution in [1.29, 1.82) is 5.26 Å². The number of benzene rings is 2. The number of nitriles is 1. The van der Waals surface area contributed by atoms with Crippen LogP contribution in [0.25, 0.3) is 0 Å². The summed E-state index contributed by atoms with van der Waals surface area (Å²) in [6.07, 6.45) is -0.686. The highest BCUT2D eigenvalue weighted by molar-refractivity contribution is 7.89. The van der Waals surface area contributed by atoms with Crippen molar-refractivity contribution in [2.75, 3.05) is 46.4 Å². The van der Waals surface area contributed by atoms with Crippen LogP contribution in [-0.4, -0.2) is 75.3 Å². The van der Waals surface area contributed by atoms with Crippen molar-refractivity contribution >= 4 is 10.0 Å². The summed E-state index contributed by atoms with van der Waals surface area (Å²) in [5, 5.41) is 19.1. The van der Waals surface area contributed by atoms with Gasteiger partial charge in [0.05, 0.1) is 23.6 Å². The Hall–Kier alpha value is -2.64. The Balaban J connectivity index is 1.46. The first kappa shape index (κ1) is 22.1. The minimum Gasteiger partial charge on any atom is -0.497 e. The monoisotopic (exact) mass is 431 g/mol. The second-order valence-corrected chi connectivity index (χ2v) is 8.92. The third-order valence-electron chi connectivity index (χ3n) is 4.92. The normalized spacial score (nSPS) is 16.6. The van der Waals surface area contributed by atoms with E-state index in [0.29, 0.717) is 44.0 Å². The van der Waals surface area contributed by atoms with Crippen LogP contribution in [0, 0.1) is 11.3 Å². The van der Waals surface area contributed by atoms with E-state index in [9.17, 15) is 13.5 Å².